The number of allylic oxidation sites excluding steroid dienone is 3. The molecule has 0 aliphatic heterocycles. The molecular formula is C25H34. The first-order valence-electron chi connectivity index (χ1n) is 10.3. The van der Waals surface area contributed by atoms with Crippen molar-refractivity contribution in [3.05, 3.63) is 72.0 Å². The first-order valence-corrected chi connectivity index (χ1v) is 10.3. The maximum absolute atomic E-state index is 3.85. The van der Waals surface area contributed by atoms with E-state index < -0.39 is 0 Å². The third-order valence-corrected chi connectivity index (χ3v) is 6.22. The molecule has 3 rings (SSSR count). The summed E-state index contributed by atoms with van der Waals surface area (Å²) in [5.74, 6) is 5.10. The molecule has 0 spiro atoms. The van der Waals surface area contributed by atoms with Gasteiger partial charge in [0.2, 0.25) is 0 Å². The fraction of sp³-hybridized carbons (Fsp3) is 0.520. The summed E-state index contributed by atoms with van der Waals surface area (Å²) in [5, 5.41) is 0. The first kappa shape index (κ1) is 18.5. The number of hydrogen-bond acceptors (Lipinski definition) is 0. The van der Waals surface area contributed by atoms with E-state index in [1.165, 1.54) is 75.3 Å². The van der Waals surface area contributed by atoms with Gasteiger partial charge in [-0.15, -0.1) is 6.58 Å². The van der Waals surface area contributed by atoms with E-state index in [-0.39, 0.29) is 0 Å². The van der Waals surface area contributed by atoms with Crippen molar-refractivity contribution in [2.45, 2.75) is 71.1 Å². The maximum atomic E-state index is 3.85. The maximum Gasteiger partial charge on any atom is 0.00502 e. The number of benzene rings is 1. The lowest BCUT2D eigenvalue weighted by Crippen LogP contribution is -2.14. The fourth-order valence-corrected chi connectivity index (χ4v) is 4.39. The van der Waals surface area contributed by atoms with Crippen molar-refractivity contribution in [2.75, 3.05) is 0 Å². The Kier molecular flexibility index (Phi) is 6.96. The molecule has 0 aromatic heterocycles. The molecule has 0 bridgehead atoms. The zero-order valence-electron chi connectivity index (χ0n) is 16.0. The highest BCUT2D eigenvalue weighted by Gasteiger charge is 2.23. The molecule has 134 valence electrons. The van der Waals surface area contributed by atoms with Crippen LogP contribution in [0, 0.1) is 30.6 Å². The van der Waals surface area contributed by atoms with Gasteiger partial charge in [0.05, 0.1) is 0 Å². The summed E-state index contributed by atoms with van der Waals surface area (Å²) < 4.78 is 0. The highest BCUT2D eigenvalue weighted by Crippen LogP contribution is 2.37. The third-order valence-electron chi connectivity index (χ3n) is 6.22. The minimum atomic E-state index is 0.792. The van der Waals surface area contributed by atoms with Gasteiger partial charge in [-0.05, 0) is 94.4 Å². The van der Waals surface area contributed by atoms with Crippen molar-refractivity contribution >= 4 is 0 Å². The molecule has 0 amide bonds. The lowest BCUT2D eigenvalue weighted by molar-refractivity contribution is 0.367. The first-order chi connectivity index (χ1) is 12.2. The standard InChI is InChI=1S/C25H34/c1-3-4-5-21-8-10-22(11-9-21)12-13-23-14-18-25(19-15-23)24-16-6-20(2)7-17-24/h3,6-7,12-13,16-17,21,23H,1,4-5,8-11,14-15,18-19H2,2H3. The Labute approximate surface area is 155 Å². The van der Waals surface area contributed by atoms with Crippen molar-refractivity contribution in [1.29, 1.82) is 0 Å². The van der Waals surface area contributed by atoms with Gasteiger partial charge in [0.1, 0.15) is 0 Å². The van der Waals surface area contributed by atoms with Gasteiger partial charge in [0.15, 0.2) is 0 Å². The van der Waals surface area contributed by atoms with Gasteiger partial charge in [0.25, 0.3) is 0 Å². The van der Waals surface area contributed by atoms with Crippen molar-refractivity contribution in [2.24, 2.45) is 11.8 Å². The van der Waals surface area contributed by atoms with Crippen molar-refractivity contribution in [1.82, 2.24) is 0 Å². The zero-order valence-corrected chi connectivity index (χ0v) is 16.0. The Bertz CT molecular complexity index is 534. The summed E-state index contributed by atoms with van der Waals surface area (Å²) >= 11 is 0. The van der Waals surface area contributed by atoms with Crippen LogP contribution in [0.1, 0.15) is 75.3 Å². The van der Waals surface area contributed by atoms with Crippen LogP contribution < -0.4 is 0 Å². The SMILES string of the molecule is C=CCCC1CC[C](C=CC2CC[C](c3ccc(C)cc3)CC2)CC1. The second-order valence-electron chi connectivity index (χ2n) is 8.13. The predicted molar refractivity (Wildman–Crippen MR) is 109 cm³/mol. The van der Waals surface area contributed by atoms with Crippen LogP contribution in [0.4, 0.5) is 0 Å². The molecule has 0 heterocycles. The summed E-state index contributed by atoms with van der Waals surface area (Å²) in [4.78, 5) is 0. The minimum absolute atomic E-state index is 0.792. The Morgan fingerprint density at radius 1 is 0.960 bits per heavy atom. The zero-order chi connectivity index (χ0) is 17.5. The van der Waals surface area contributed by atoms with Crippen LogP contribution >= 0.6 is 0 Å². The summed E-state index contributed by atoms with van der Waals surface area (Å²) in [6.45, 7) is 6.02. The highest BCUT2D eigenvalue weighted by molar-refractivity contribution is 5.33. The monoisotopic (exact) mass is 334 g/mol. The van der Waals surface area contributed by atoms with Crippen LogP contribution in [-0.2, 0) is 0 Å². The van der Waals surface area contributed by atoms with E-state index in [2.05, 4.69) is 56.0 Å². The van der Waals surface area contributed by atoms with Gasteiger partial charge in [0, 0.05) is 5.92 Å². The summed E-state index contributed by atoms with van der Waals surface area (Å²) in [6.07, 6.45) is 20.3. The van der Waals surface area contributed by atoms with Crippen molar-refractivity contribution < 1.29 is 0 Å². The van der Waals surface area contributed by atoms with E-state index >= 15 is 0 Å². The van der Waals surface area contributed by atoms with E-state index in [1.54, 1.807) is 11.8 Å². The van der Waals surface area contributed by atoms with Gasteiger partial charge in [-0.3, -0.25) is 0 Å². The largest absolute Gasteiger partial charge is 0.103 e. The average Bonchev–Trinajstić information content (AvgIpc) is 2.67. The molecule has 2 saturated carbocycles. The van der Waals surface area contributed by atoms with E-state index in [9.17, 15) is 0 Å². The number of hydrogen-bond donors (Lipinski definition) is 0. The van der Waals surface area contributed by atoms with Crippen LogP contribution in [0.2, 0.25) is 0 Å². The highest BCUT2D eigenvalue weighted by atomic mass is 14.3. The molecule has 2 radical (unpaired) electrons. The van der Waals surface area contributed by atoms with Crippen LogP contribution in [0.3, 0.4) is 0 Å². The number of aryl methyl sites for hydroxylation is 1. The molecule has 2 aliphatic carbocycles. The minimum Gasteiger partial charge on any atom is -0.103 e. The van der Waals surface area contributed by atoms with E-state index in [0.717, 1.165) is 11.8 Å². The Morgan fingerprint density at radius 2 is 1.64 bits per heavy atom. The van der Waals surface area contributed by atoms with Crippen LogP contribution in [0.15, 0.2) is 49.1 Å². The van der Waals surface area contributed by atoms with Gasteiger partial charge < -0.3 is 0 Å². The smallest absolute Gasteiger partial charge is 0.00502 e. The topological polar surface area (TPSA) is 0 Å². The molecule has 0 unspecified atom stereocenters. The van der Waals surface area contributed by atoms with Crippen LogP contribution in [-0.4, -0.2) is 0 Å². The van der Waals surface area contributed by atoms with Crippen molar-refractivity contribution in [3.8, 4) is 0 Å². The van der Waals surface area contributed by atoms with E-state index in [1.807, 2.05) is 0 Å². The summed E-state index contributed by atoms with van der Waals surface area (Å²) in [6, 6.07) is 9.11. The van der Waals surface area contributed by atoms with Gasteiger partial charge in [-0.2, -0.15) is 0 Å². The molecule has 0 heteroatoms. The van der Waals surface area contributed by atoms with Crippen molar-refractivity contribution in [3.63, 3.8) is 0 Å². The van der Waals surface area contributed by atoms with E-state index in [0.29, 0.717) is 0 Å². The van der Waals surface area contributed by atoms with Gasteiger partial charge in [-0.1, -0.05) is 48.1 Å². The molecule has 1 aromatic rings. The van der Waals surface area contributed by atoms with Crippen LogP contribution in [0.25, 0.3) is 0 Å². The molecule has 0 atom stereocenters. The Hall–Kier alpha value is -1.30. The summed E-state index contributed by atoms with van der Waals surface area (Å²) in [5.41, 5.74) is 2.83. The molecule has 0 N–H and O–H groups in total. The Morgan fingerprint density at radius 3 is 2.28 bits per heavy atom. The summed E-state index contributed by atoms with van der Waals surface area (Å²) in [7, 11) is 0. The van der Waals surface area contributed by atoms with Gasteiger partial charge >= 0.3 is 0 Å². The fourth-order valence-electron chi connectivity index (χ4n) is 4.39. The number of rotatable bonds is 6. The van der Waals surface area contributed by atoms with E-state index in [4.69, 9.17) is 0 Å². The molecular weight excluding hydrogens is 300 g/mol. The average molecular weight is 335 g/mol. The van der Waals surface area contributed by atoms with Crippen LogP contribution in [0.5, 0.6) is 0 Å². The molecule has 0 saturated heterocycles. The third kappa shape index (κ3) is 5.59. The second kappa shape index (κ2) is 9.41. The molecule has 2 aliphatic rings. The normalized spacial score (nSPS) is 21.8. The molecule has 1 aromatic carbocycles. The second-order valence-corrected chi connectivity index (χ2v) is 8.13. The molecule has 0 nitrogen and oxygen atoms in total. The quantitative estimate of drug-likeness (QED) is 0.475. The lowest BCUT2D eigenvalue weighted by Gasteiger charge is -2.28. The molecule has 2 fully saturated rings. The molecule has 25 heavy (non-hydrogen) atoms. The lowest BCUT2D eigenvalue weighted by atomic mass is 9.77. The van der Waals surface area contributed by atoms with Gasteiger partial charge in [-0.25, -0.2) is 0 Å². The predicted octanol–water partition coefficient (Wildman–Crippen LogP) is 7.39. The Balaban J connectivity index is 1.39.